The first-order valence-corrected chi connectivity index (χ1v) is 11.7. The maximum atomic E-state index is 13.2. The number of likely N-dealkylation sites (tertiary alicyclic amines) is 1. The van der Waals surface area contributed by atoms with Crippen molar-refractivity contribution in [3.63, 3.8) is 0 Å². The lowest BCUT2D eigenvalue weighted by molar-refractivity contribution is -0.136. The number of nitrogens with one attached hydrogen (secondary N) is 1. The standard InChI is InChI=1S/C23H33N5O4/c1-4-15(2)22(30)27-9-5-6-19(27)18-14-20-24-16(3)17(23(31)28(20)25-18)7-8-21(29)26-10-12-32-13-11-26/h14-15,19,25H,4-13H2,1-3H3/t15-,19+/m0/s1. The van der Waals surface area contributed by atoms with E-state index < -0.39 is 0 Å². The summed E-state index contributed by atoms with van der Waals surface area (Å²) in [4.78, 5) is 46.9. The van der Waals surface area contributed by atoms with Gasteiger partial charge in [0.05, 0.1) is 24.9 Å². The number of amides is 2. The number of rotatable bonds is 6. The Balaban J connectivity index is 1.55. The summed E-state index contributed by atoms with van der Waals surface area (Å²) in [6.07, 6.45) is 3.24. The van der Waals surface area contributed by atoms with Crippen LogP contribution in [-0.2, 0) is 20.7 Å². The fraction of sp³-hybridized carbons (Fsp3) is 0.652. The number of nitrogens with zero attached hydrogens (tertiary/aromatic N) is 4. The van der Waals surface area contributed by atoms with Crippen molar-refractivity contribution in [2.75, 3.05) is 32.8 Å². The van der Waals surface area contributed by atoms with Crippen molar-refractivity contribution in [3.8, 4) is 0 Å². The van der Waals surface area contributed by atoms with Crippen LogP contribution in [0.5, 0.6) is 0 Å². The first-order valence-electron chi connectivity index (χ1n) is 11.7. The Bertz CT molecular complexity index is 1050. The molecular formula is C23H33N5O4. The van der Waals surface area contributed by atoms with Gasteiger partial charge in [0.1, 0.15) is 0 Å². The molecule has 4 rings (SSSR count). The first kappa shape index (κ1) is 22.5. The SMILES string of the molecule is CC[C@H](C)C(=O)N1CCC[C@@H]1c1cc2nc(C)c(CCC(=O)N3CCOCC3)c(=O)n2[nH]1. The van der Waals surface area contributed by atoms with Crippen molar-refractivity contribution < 1.29 is 14.3 Å². The Hall–Kier alpha value is -2.68. The average Bonchev–Trinajstić information content (AvgIpc) is 3.45. The molecule has 32 heavy (non-hydrogen) atoms. The summed E-state index contributed by atoms with van der Waals surface area (Å²) in [6.45, 7) is 8.85. The van der Waals surface area contributed by atoms with E-state index in [4.69, 9.17) is 4.74 Å². The molecule has 1 N–H and O–H groups in total. The van der Waals surface area contributed by atoms with Gasteiger partial charge >= 0.3 is 0 Å². The maximum Gasteiger partial charge on any atom is 0.276 e. The Labute approximate surface area is 187 Å². The number of aromatic nitrogens is 3. The van der Waals surface area contributed by atoms with Crippen LogP contribution in [0.4, 0.5) is 0 Å². The van der Waals surface area contributed by atoms with Gasteiger partial charge in [0.15, 0.2) is 5.65 Å². The van der Waals surface area contributed by atoms with E-state index in [9.17, 15) is 14.4 Å². The van der Waals surface area contributed by atoms with Crippen molar-refractivity contribution in [1.82, 2.24) is 24.4 Å². The molecule has 0 spiro atoms. The van der Waals surface area contributed by atoms with Crippen LogP contribution in [-0.4, -0.2) is 69.1 Å². The predicted molar refractivity (Wildman–Crippen MR) is 119 cm³/mol. The zero-order valence-electron chi connectivity index (χ0n) is 19.2. The molecule has 0 bridgehead atoms. The van der Waals surface area contributed by atoms with Crippen LogP contribution in [0.15, 0.2) is 10.9 Å². The molecular weight excluding hydrogens is 410 g/mol. The maximum absolute atomic E-state index is 13.2. The second-order valence-corrected chi connectivity index (χ2v) is 8.88. The van der Waals surface area contributed by atoms with Gasteiger partial charge in [-0.05, 0) is 32.6 Å². The van der Waals surface area contributed by atoms with Gasteiger partial charge in [-0.2, -0.15) is 0 Å². The second-order valence-electron chi connectivity index (χ2n) is 8.88. The summed E-state index contributed by atoms with van der Waals surface area (Å²) in [5.74, 6) is 0.181. The number of carbonyl (C=O) groups is 2. The number of hydrogen-bond acceptors (Lipinski definition) is 5. The van der Waals surface area contributed by atoms with Gasteiger partial charge in [-0.15, -0.1) is 0 Å². The molecule has 2 aromatic heterocycles. The third-order valence-corrected chi connectivity index (χ3v) is 6.82. The number of H-pyrrole nitrogens is 1. The van der Waals surface area contributed by atoms with Gasteiger partial charge in [-0.1, -0.05) is 13.8 Å². The number of aromatic amines is 1. The minimum absolute atomic E-state index is 0.0151. The van der Waals surface area contributed by atoms with E-state index in [1.54, 1.807) is 4.90 Å². The minimum atomic E-state index is -0.175. The largest absolute Gasteiger partial charge is 0.378 e. The summed E-state index contributed by atoms with van der Waals surface area (Å²) >= 11 is 0. The van der Waals surface area contributed by atoms with E-state index >= 15 is 0 Å². The molecule has 4 heterocycles. The van der Waals surface area contributed by atoms with E-state index in [1.165, 1.54) is 4.52 Å². The van der Waals surface area contributed by atoms with E-state index in [0.29, 0.717) is 49.6 Å². The lowest BCUT2D eigenvalue weighted by Crippen LogP contribution is -2.41. The molecule has 0 radical (unpaired) electrons. The van der Waals surface area contributed by atoms with Crippen LogP contribution >= 0.6 is 0 Å². The number of carbonyl (C=O) groups excluding carboxylic acids is 2. The molecule has 2 saturated heterocycles. The lowest BCUT2D eigenvalue weighted by atomic mass is 10.1. The lowest BCUT2D eigenvalue weighted by Gasteiger charge is -2.26. The van der Waals surface area contributed by atoms with Crippen LogP contribution in [0.25, 0.3) is 5.65 Å². The molecule has 9 nitrogen and oxygen atoms in total. The van der Waals surface area contributed by atoms with Crippen molar-refractivity contribution in [2.24, 2.45) is 5.92 Å². The smallest absolute Gasteiger partial charge is 0.276 e. The van der Waals surface area contributed by atoms with Crippen LogP contribution < -0.4 is 5.56 Å². The molecule has 0 unspecified atom stereocenters. The zero-order chi connectivity index (χ0) is 22.8. The first-order chi connectivity index (χ1) is 15.4. The highest BCUT2D eigenvalue weighted by Gasteiger charge is 2.33. The van der Waals surface area contributed by atoms with E-state index in [0.717, 1.165) is 31.5 Å². The summed E-state index contributed by atoms with van der Waals surface area (Å²) in [5.41, 5.74) is 2.41. The van der Waals surface area contributed by atoms with Crippen LogP contribution in [0.1, 0.15) is 62.5 Å². The monoisotopic (exact) mass is 443 g/mol. The van der Waals surface area contributed by atoms with E-state index in [2.05, 4.69) is 10.1 Å². The molecule has 9 heteroatoms. The summed E-state index contributed by atoms with van der Waals surface area (Å²) in [7, 11) is 0. The third-order valence-electron chi connectivity index (χ3n) is 6.82. The number of hydrogen-bond donors (Lipinski definition) is 1. The predicted octanol–water partition coefficient (Wildman–Crippen LogP) is 1.83. The molecule has 2 aromatic rings. The highest BCUT2D eigenvalue weighted by Crippen LogP contribution is 2.33. The molecule has 0 saturated carbocycles. The minimum Gasteiger partial charge on any atom is -0.378 e. The topological polar surface area (TPSA) is 100 Å². The van der Waals surface area contributed by atoms with Crippen molar-refractivity contribution >= 4 is 17.5 Å². The molecule has 2 atom stereocenters. The fourth-order valence-corrected chi connectivity index (χ4v) is 4.66. The van der Waals surface area contributed by atoms with Gasteiger partial charge in [0, 0.05) is 49.3 Å². The molecule has 2 fully saturated rings. The van der Waals surface area contributed by atoms with Crippen molar-refractivity contribution in [2.45, 2.75) is 58.9 Å². The van der Waals surface area contributed by atoms with E-state index in [1.807, 2.05) is 31.7 Å². The quantitative estimate of drug-likeness (QED) is 0.734. The number of aryl methyl sites for hydroxylation is 1. The molecule has 0 aliphatic carbocycles. The van der Waals surface area contributed by atoms with Gasteiger partial charge < -0.3 is 14.5 Å². The van der Waals surface area contributed by atoms with E-state index in [-0.39, 0.29) is 35.8 Å². The molecule has 2 aliphatic heterocycles. The summed E-state index contributed by atoms with van der Waals surface area (Å²) < 4.78 is 6.76. The number of ether oxygens (including phenoxy) is 1. The Morgan fingerprint density at radius 2 is 2.03 bits per heavy atom. The molecule has 0 aromatic carbocycles. The highest BCUT2D eigenvalue weighted by molar-refractivity contribution is 5.79. The highest BCUT2D eigenvalue weighted by atomic mass is 16.5. The summed E-state index contributed by atoms with van der Waals surface area (Å²) in [6, 6.07) is 1.81. The van der Waals surface area contributed by atoms with Gasteiger partial charge in [0.2, 0.25) is 11.8 Å². The third kappa shape index (κ3) is 4.30. The van der Waals surface area contributed by atoms with Gasteiger partial charge in [-0.3, -0.25) is 19.5 Å². The number of morpholine rings is 1. The van der Waals surface area contributed by atoms with Crippen LogP contribution in [0.2, 0.25) is 0 Å². The summed E-state index contributed by atoms with van der Waals surface area (Å²) in [5, 5.41) is 3.20. The van der Waals surface area contributed by atoms with Crippen molar-refractivity contribution in [1.29, 1.82) is 0 Å². The Morgan fingerprint density at radius 1 is 1.28 bits per heavy atom. The average molecular weight is 444 g/mol. The van der Waals surface area contributed by atoms with Crippen LogP contribution in [0.3, 0.4) is 0 Å². The number of fused-ring (bicyclic) bond motifs is 1. The Morgan fingerprint density at radius 3 is 2.75 bits per heavy atom. The van der Waals surface area contributed by atoms with Crippen LogP contribution in [0, 0.1) is 12.8 Å². The van der Waals surface area contributed by atoms with Gasteiger partial charge in [-0.25, -0.2) is 9.50 Å². The van der Waals surface area contributed by atoms with Gasteiger partial charge in [0.25, 0.3) is 5.56 Å². The fourth-order valence-electron chi connectivity index (χ4n) is 4.66. The molecule has 2 amide bonds. The Kier molecular flexibility index (Phi) is 6.64. The molecule has 174 valence electrons. The zero-order valence-corrected chi connectivity index (χ0v) is 19.2. The normalized spacial score (nSPS) is 20.2. The molecule has 2 aliphatic rings. The second kappa shape index (κ2) is 9.44. The van der Waals surface area contributed by atoms with Crippen molar-refractivity contribution in [3.05, 3.63) is 33.4 Å².